The smallest absolute Gasteiger partial charge is 0.408 e. The number of likely N-dealkylation sites (tertiary alicyclic amines) is 1. The summed E-state index contributed by atoms with van der Waals surface area (Å²) in [6.07, 6.45) is 1.53. The molecule has 1 aliphatic heterocycles. The summed E-state index contributed by atoms with van der Waals surface area (Å²) in [4.78, 5) is 26.8. The van der Waals surface area contributed by atoms with E-state index < -0.39 is 23.8 Å². The summed E-state index contributed by atoms with van der Waals surface area (Å²) in [5.74, 6) is -0.300. The van der Waals surface area contributed by atoms with Crippen molar-refractivity contribution < 1.29 is 19.1 Å². The molecule has 7 heteroatoms. The molecule has 0 aliphatic carbocycles. The molecule has 1 aliphatic rings. The highest BCUT2D eigenvalue weighted by molar-refractivity contribution is 7.80. The maximum atomic E-state index is 12.3. The van der Waals surface area contributed by atoms with Gasteiger partial charge in [0.1, 0.15) is 16.6 Å². The molecule has 1 amide bonds. The first-order valence-corrected chi connectivity index (χ1v) is 9.54. The van der Waals surface area contributed by atoms with Crippen molar-refractivity contribution in [1.82, 2.24) is 10.2 Å². The molecule has 1 heterocycles. The van der Waals surface area contributed by atoms with Gasteiger partial charge in [-0.2, -0.15) is 0 Å². The lowest BCUT2D eigenvalue weighted by Crippen LogP contribution is -2.52. The Morgan fingerprint density at radius 1 is 1.30 bits per heavy atom. The molecule has 0 aromatic heterocycles. The third-order valence-electron chi connectivity index (χ3n) is 4.28. The zero-order valence-corrected chi connectivity index (χ0v) is 17.2. The van der Waals surface area contributed by atoms with Crippen LogP contribution in [0, 0.1) is 0 Å². The number of methoxy groups -OCH3 is 1. The Kier molecular flexibility index (Phi) is 7.18. The minimum Gasteiger partial charge on any atom is -0.467 e. The van der Waals surface area contributed by atoms with Crippen LogP contribution in [0.5, 0.6) is 0 Å². The molecule has 1 saturated heterocycles. The van der Waals surface area contributed by atoms with Crippen LogP contribution < -0.4 is 5.32 Å². The number of thiocarbonyl (C=S) groups is 1. The van der Waals surface area contributed by atoms with Crippen molar-refractivity contribution in [2.45, 2.75) is 57.7 Å². The summed E-state index contributed by atoms with van der Waals surface area (Å²) in [5, 5.41) is 2.88. The first-order valence-electron chi connectivity index (χ1n) is 9.13. The fourth-order valence-corrected chi connectivity index (χ4v) is 3.47. The predicted molar refractivity (Wildman–Crippen MR) is 108 cm³/mol. The van der Waals surface area contributed by atoms with Gasteiger partial charge in [0.2, 0.25) is 0 Å². The number of hydrogen-bond donors (Lipinski definition) is 1. The monoisotopic (exact) mass is 392 g/mol. The second-order valence-corrected chi connectivity index (χ2v) is 8.02. The minimum atomic E-state index is -0.606. The normalized spacial score (nSPS) is 17.9. The van der Waals surface area contributed by atoms with Gasteiger partial charge in [-0.1, -0.05) is 42.5 Å². The molecule has 148 valence electrons. The third kappa shape index (κ3) is 6.20. The van der Waals surface area contributed by atoms with Crippen LogP contribution in [0.3, 0.4) is 0 Å². The largest absolute Gasteiger partial charge is 0.467 e. The lowest BCUT2D eigenvalue weighted by Gasteiger charge is -2.31. The van der Waals surface area contributed by atoms with Crippen LogP contribution in [0.4, 0.5) is 4.79 Å². The van der Waals surface area contributed by atoms with E-state index >= 15 is 0 Å². The molecule has 1 aromatic rings. The van der Waals surface area contributed by atoms with E-state index in [9.17, 15) is 9.59 Å². The maximum Gasteiger partial charge on any atom is 0.408 e. The second kappa shape index (κ2) is 9.17. The van der Waals surface area contributed by atoms with Crippen molar-refractivity contribution >= 4 is 29.3 Å². The summed E-state index contributed by atoms with van der Waals surface area (Å²) < 4.78 is 10.3. The van der Waals surface area contributed by atoms with Gasteiger partial charge >= 0.3 is 12.1 Å². The average molecular weight is 393 g/mol. The molecule has 0 saturated carbocycles. The highest BCUT2D eigenvalue weighted by Crippen LogP contribution is 2.21. The number of carbonyl (C=O) groups is 2. The Bertz CT molecular complexity index is 672. The van der Waals surface area contributed by atoms with Gasteiger partial charge < -0.3 is 19.7 Å². The molecule has 6 nitrogen and oxygen atoms in total. The number of hydrogen-bond acceptors (Lipinski definition) is 5. The van der Waals surface area contributed by atoms with Crippen LogP contribution in [0.15, 0.2) is 30.3 Å². The predicted octanol–water partition coefficient (Wildman–Crippen LogP) is 3.09. The Morgan fingerprint density at radius 2 is 1.96 bits per heavy atom. The van der Waals surface area contributed by atoms with E-state index in [2.05, 4.69) is 5.32 Å². The Balaban J connectivity index is 2.18. The minimum absolute atomic E-state index is 0.300. The van der Waals surface area contributed by atoms with E-state index in [1.54, 1.807) is 0 Å². The van der Waals surface area contributed by atoms with E-state index in [4.69, 9.17) is 21.7 Å². The topological polar surface area (TPSA) is 67.9 Å². The molecule has 1 fully saturated rings. The van der Waals surface area contributed by atoms with Crippen LogP contribution in [-0.4, -0.2) is 53.3 Å². The zero-order chi connectivity index (χ0) is 20.0. The number of esters is 1. The molecule has 0 radical (unpaired) electrons. The molecule has 27 heavy (non-hydrogen) atoms. The highest BCUT2D eigenvalue weighted by Gasteiger charge is 2.36. The van der Waals surface area contributed by atoms with Gasteiger partial charge in [-0.15, -0.1) is 0 Å². The van der Waals surface area contributed by atoms with Crippen molar-refractivity contribution in [3.05, 3.63) is 35.9 Å². The maximum absolute atomic E-state index is 12.3. The standard InChI is InChI=1S/C20H28N2O4S/c1-20(2,3)26-19(24)21-15(13-14-9-6-5-7-10-14)17(27)22-12-8-11-16(22)18(23)25-4/h5-7,9-10,15-16H,8,11-13H2,1-4H3,(H,21,24)/t15?,16-/m0/s1. The summed E-state index contributed by atoms with van der Waals surface area (Å²) in [6, 6.07) is 8.92. The number of rotatable bonds is 5. The Hall–Kier alpha value is -2.15. The van der Waals surface area contributed by atoms with Crippen LogP contribution >= 0.6 is 12.2 Å². The summed E-state index contributed by atoms with van der Waals surface area (Å²) >= 11 is 5.69. The summed E-state index contributed by atoms with van der Waals surface area (Å²) in [7, 11) is 1.38. The van der Waals surface area contributed by atoms with Crippen LogP contribution in [0.2, 0.25) is 0 Å². The first-order chi connectivity index (χ1) is 12.7. The van der Waals surface area contributed by atoms with Gasteiger partial charge in [0.15, 0.2) is 0 Å². The first kappa shape index (κ1) is 21.2. The number of amides is 1. The number of alkyl carbamates (subject to hydrolysis) is 1. The van der Waals surface area contributed by atoms with Gasteiger partial charge in [-0.3, -0.25) is 0 Å². The summed E-state index contributed by atoms with van der Waals surface area (Å²) in [6.45, 7) is 6.10. The highest BCUT2D eigenvalue weighted by atomic mass is 32.1. The second-order valence-electron chi connectivity index (χ2n) is 7.60. The molecule has 1 unspecified atom stereocenters. The molecule has 2 atom stereocenters. The number of nitrogens with zero attached hydrogens (tertiary/aromatic N) is 1. The molecule has 0 bridgehead atoms. The lowest BCUT2D eigenvalue weighted by atomic mass is 10.0. The van der Waals surface area contributed by atoms with Crippen molar-refractivity contribution in [2.24, 2.45) is 0 Å². The van der Waals surface area contributed by atoms with E-state index in [0.717, 1.165) is 12.0 Å². The van der Waals surface area contributed by atoms with Crippen molar-refractivity contribution in [1.29, 1.82) is 0 Å². The van der Waals surface area contributed by atoms with E-state index in [1.165, 1.54) is 7.11 Å². The molecular weight excluding hydrogens is 364 g/mol. The van der Waals surface area contributed by atoms with Gasteiger partial charge in [0.25, 0.3) is 0 Å². The third-order valence-corrected chi connectivity index (χ3v) is 4.80. The number of carbonyl (C=O) groups excluding carboxylic acids is 2. The quantitative estimate of drug-likeness (QED) is 0.614. The Morgan fingerprint density at radius 3 is 2.56 bits per heavy atom. The molecular formula is C20H28N2O4S. The number of ether oxygens (including phenoxy) is 2. The van der Waals surface area contributed by atoms with Gasteiger partial charge in [0, 0.05) is 6.54 Å². The summed E-state index contributed by atoms with van der Waals surface area (Å²) in [5.41, 5.74) is 0.431. The fourth-order valence-electron chi connectivity index (χ4n) is 3.11. The molecule has 1 aromatic carbocycles. The Labute approximate surface area is 166 Å². The lowest BCUT2D eigenvalue weighted by molar-refractivity contribution is -0.144. The zero-order valence-electron chi connectivity index (χ0n) is 16.4. The van der Waals surface area contributed by atoms with Gasteiger partial charge in [-0.05, 0) is 45.6 Å². The average Bonchev–Trinajstić information content (AvgIpc) is 3.08. The van der Waals surface area contributed by atoms with Crippen molar-refractivity contribution in [2.75, 3.05) is 13.7 Å². The molecule has 1 N–H and O–H groups in total. The van der Waals surface area contributed by atoms with Crippen molar-refractivity contribution in [3.8, 4) is 0 Å². The number of benzene rings is 1. The number of nitrogens with one attached hydrogen (secondary N) is 1. The van der Waals surface area contributed by atoms with Crippen molar-refractivity contribution in [3.63, 3.8) is 0 Å². The van der Waals surface area contributed by atoms with E-state index in [0.29, 0.717) is 24.4 Å². The fraction of sp³-hybridized carbons (Fsp3) is 0.550. The van der Waals surface area contributed by atoms with Crippen LogP contribution in [0.1, 0.15) is 39.2 Å². The van der Waals surface area contributed by atoms with Gasteiger partial charge in [-0.25, -0.2) is 9.59 Å². The van der Waals surface area contributed by atoms with E-state index in [-0.39, 0.29) is 5.97 Å². The molecule has 0 spiro atoms. The SMILES string of the molecule is COC(=O)[C@@H]1CCCN1C(=S)C(Cc1ccccc1)NC(=O)OC(C)(C)C. The van der Waals surface area contributed by atoms with Gasteiger partial charge in [0.05, 0.1) is 13.2 Å². The van der Waals surface area contributed by atoms with E-state index in [1.807, 2.05) is 56.0 Å². The molecule has 2 rings (SSSR count). The van der Waals surface area contributed by atoms with Crippen LogP contribution in [-0.2, 0) is 20.7 Å². The van der Waals surface area contributed by atoms with Crippen LogP contribution in [0.25, 0.3) is 0 Å².